The van der Waals surface area contributed by atoms with Crippen molar-refractivity contribution in [3.63, 3.8) is 0 Å². The van der Waals surface area contributed by atoms with Crippen molar-refractivity contribution < 1.29 is 9.53 Å². The molecule has 4 heterocycles. The van der Waals surface area contributed by atoms with Gasteiger partial charge in [-0.2, -0.15) is 16.9 Å². The summed E-state index contributed by atoms with van der Waals surface area (Å²) < 4.78 is 7.47. The van der Waals surface area contributed by atoms with Crippen LogP contribution in [0.25, 0.3) is 5.65 Å². The maximum absolute atomic E-state index is 13.3. The molecular formula is C18H24N4O2S. The minimum atomic E-state index is 0.0659. The second-order valence-electron chi connectivity index (χ2n) is 7.11. The summed E-state index contributed by atoms with van der Waals surface area (Å²) in [5.74, 6) is 1.05. The van der Waals surface area contributed by atoms with E-state index < -0.39 is 0 Å². The van der Waals surface area contributed by atoms with Crippen LogP contribution in [0.4, 0.5) is 0 Å². The number of thioether (sulfide) groups is 1. The molecule has 0 atom stereocenters. The molecule has 0 N–H and O–H groups in total. The maximum atomic E-state index is 13.3. The lowest BCUT2D eigenvalue weighted by atomic mass is 9.97. The van der Waals surface area contributed by atoms with Crippen LogP contribution in [0, 0.1) is 20.8 Å². The number of aromatic nitrogens is 3. The monoisotopic (exact) mass is 360 g/mol. The average Bonchev–Trinajstić information content (AvgIpc) is 2.91. The van der Waals surface area contributed by atoms with E-state index in [9.17, 15) is 4.79 Å². The first-order chi connectivity index (χ1) is 12.0. The minimum Gasteiger partial charge on any atom is -0.381 e. The highest BCUT2D eigenvalue weighted by atomic mass is 32.2. The Morgan fingerprint density at radius 2 is 2.04 bits per heavy atom. The van der Waals surface area contributed by atoms with Gasteiger partial charge in [0.25, 0.3) is 5.91 Å². The molecule has 2 fully saturated rings. The van der Waals surface area contributed by atoms with Crippen molar-refractivity contribution in [3.8, 4) is 0 Å². The molecule has 1 amide bonds. The second kappa shape index (κ2) is 6.29. The van der Waals surface area contributed by atoms with Crippen molar-refractivity contribution in [3.05, 3.63) is 28.7 Å². The molecule has 2 aliphatic heterocycles. The van der Waals surface area contributed by atoms with E-state index in [-0.39, 0.29) is 10.7 Å². The van der Waals surface area contributed by atoms with Crippen molar-refractivity contribution in [2.75, 3.05) is 32.1 Å². The third-order valence-electron chi connectivity index (χ3n) is 5.22. The van der Waals surface area contributed by atoms with Gasteiger partial charge in [-0.05, 0) is 39.7 Å². The summed E-state index contributed by atoms with van der Waals surface area (Å²) in [7, 11) is 0. The number of carbonyl (C=O) groups excluding carboxylic acids is 1. The second-order valence-corrected chi connectivity index (χ2v) is 8.67. The fraction of sp³-hybridized carbons (Fsp3) is 0.611. The third kappa shape index (κ3) is 2.93. The summed E-state index contributed by atoms with van der Waals surface area (Å²) in [5, 5.41) is 4.56. The molecule has 0 radical (unpaired) electrons. The van der Waals surface area contributed by atoms with Crippen molar-refractivity contribution in [1.82, 2.24) is 19.5 Å². The Bertz CT molecular complexity index is 821. The fourth-order valence-electron chi connectivity index (χ4n) is 3.90. The molecule has 2 saturated heterocycles. The van der Waals surface area contributed by atoms with Crippen LogP contribution >= 0.6 is 11.8 Å². The number of hydrogen-bond donors (Lipinski definition) is 0. The van der Waals surface area contributed by atoms with E-state index in [0.717, 1.165) is 62.0 Å². The van der Waals surface area contributed by atoms with Gasteiger partial charge in [-0.15, -0.1) is 0 Å². The first-order valence-corrected chi connectivity index (χ1v) is 9.82. The number of hydrogen-bond acceptors (Lipinski definition) is 5. The van der Waals surface area contributed by atoms with Gasteiger partial charge in [0.1, 0.15) is 5.56 Å². The molecule has 2 aliphatic rings. The summed E-state index contributed by atoms with van der Waals surface area (Å²) in [4.78, 5) is 19.9. The number of nitrogens with zero attached hydrogens (tertiary/aromatic N) is 4. The number of amides is 1. The molecule has 2 aromatic rings. The molecule has 6 nitrogen and oxygen atoms in total. The predicted molar refractivity (Wildman–Crippen MR) is 98.3 cm³/mol. The van der Waals surface area contributed by atoms with Crippen LogP contribution in [-0.2, 0) is 4.74 Å². The topological polar surface area (TPSA) is 59.7 Å². The zero-order valence-corrected chi connectivity index (χ0v) is 15.9. The Labute approximate surface area is 151 Å². The normalized spacial score (nSPS) is 20.4. The summed E-state index contributed by atoms with van der Waals surface area (Å²) in [6.45, 7) is 9.03. The van der Waals surface area contributed by atoms with E-state index >= 15 is 0 Å². The summed E-state index contributed by atoms with van der Waals surface area (Å²) in [6.07, 6.45) is 2.04. The van der Waals surface area contributed by atoms with Crippen LogP contribution in [0.5, 0.6) is 0 Å². The van der Waals surface area contributed by atoms with Gasteiger partial charge in [-0.1, -0.05) is 0 Å². The Kier molecular flexibility index (Phi) is 4.24. The molecule has 0 aromatic carbocycles. The Morgan fingerprint density at radius 1 is 1.28 bits per heavy atom. The van der Waals surface area contributed by atoms with E-state index in [1.54, 1.807) is 4.52 Å². The molecule has 2 aromatic heterocycles. The number of ether oxygens (including phenoxy) is 1. The molecule has 25 heavy (non-hydrogen) atoms. The van der Waals surface area contributed by atoms with Gasteiger partial charge in [-0.25, -0.2) is 9.50 Å². The Hall–Kier alpha value is -1.60. The lowest BCUT2D eigenvalue weighted by molar-refractivity contribution is 0.0536. The Balaban J connectivity index is 1.69. The van der Waals surface area contributed by atoms with E-state index in [4.69, 9.17) is 4.74 Å². The van der Waals surface area contributed by atoms with Crippen LogP contribution < -0.4 is 0 Å². The molecular weight excluding hydrogens is 336 g/mol. The van der Waals surface area contributed by atoms with Crippen molar-refractivity contribution >= 4 is 23.3 Å². The largest absolute Gasteiger partial charge is 0.381 e. The highest BCUT2D eigenvalue weighted by Crippen LogP contribution is 2.39. The molecule has 4 rings (SSSR count). The predicted octanol–water partition coefficient (Wildman–Crippen LogP) is 2.39. The molecule has 134 valence electrons. The summed E-state index contributed by atoms with van der Waals surface area (Å²) in [5.41, 5.74) is 4.00. The molecule has 0 saturated carbocycles. The van der Waals surface area contributed by atoms with Gasteiger partial charge >= 0.3 is 0 Å². The lowest BCUT2D eigenvalue weighted by Crippen LogP contribution is -2.51. The van der Waals surface area contributed by atoms with Gasteiger partial charge in [0.15, 0.2) is 5.65 Å². The first kappa shape index (κ1) is 16.8. The number of aryl methyl sites for hydroxylation is 3. The summed E-state index contributed by atoms with van der Waals surface area (Å²) >= 11 is 2.01. The van der Waals surface area contributed by atoms with Crippen LogP contribution in [0.1, 0.15) is 40.3 Å². The molecule has 0 bridgehead atoms. The molecule has 0 aliphatic carbocycles. The first-order valence-electron chi connectivity index (χ1n) is 8.84. The van der Waals surface area contributed by atoms with Gasteiger partial charge < -0.3 is 9.64 Å². The van der Waals surface area contributed by atoms with E-state index in [2.05, 4.69) is 10.1 Å². The van der Waals surface area contributed by atoms with Crippen LogP contribution in [-0.4, -0.2) is 62.2 Å². The minimum absolute atomic E-state index is 0.0659. The smallest absolute Gasteiger partial charge is 0.259 e. The van der Waals surface area contributed by atoms with Crippen molar-refractivity contribution in [1.29, 1.82) is 0 Å². The van der Waals surface area contributed by atoms with E-state index in [1.165, 1.54) is 0 Å². The zero-order valence-electron chi connectivity index (χ0n) is 15.0. The quantitative estimate of drug-likeness (QED) is 0.781. The van der Waals surface area contributed by atoms with Crippen LogP contribution in [0.2, 0.25) is 0 Å². The zero-order chi connectivity index (χ0) is 17.6. The number of fused-ring (bicyclic) bond motifs is 1. The van der Waals surface area contributed by atoms with Crippen molar-refractivity contribution in [2.45, 2.75) is 38.4 Å². The average molecular weight is 360 g/mol. The van der Waals surface area contributed by atoms with E-state index in [0.29, 0.717) is 11.2 Å². The Morgan fingerprint density at radius 3 is 2.80 bits per heavy atom. The number of carbonyl (C=O) groups is 1. The third-order valence-corrected chi connectivity index (χ3v) is 6.76. The van der Waals surface area contributed by atoms with Gasteiger partial charge in [0, 0.05) is 48.2 Å². The summed E-state index contributed by atoms with van der Waals surface area (Å²) in [6, 6.07) is 1.99. The van der Waals surface area contributed by atoms with Gasteiger partial charge in [-0.3, -0.25) is 4.79 Å². The molecule has 7 heteroatoms. The maximum Gasteiger partial charge on any atom is 0.259 e. The standard InChI is InChI=1S/C18H24N4O2S/c1-12-10-13(2)22-16(19-12)15(14(3)20-22)17(23)21-6-9-25-18(11-21)4-7-24-8-5-18/h10H,4-9,11H2,1-3H3. The van der Waals surface area contributed by atoms with Gasteiger partial charge in [0.05, 0.1) is 5.69 Å². The van der Waals surface area contributed by atoms with Gasteiger partial charge in [0.2, 0.25) is 0 Å². The number of rotatable bonds is 1. The lowest BCUT2D eigenvalue weighted by Gasteiger charge is -2.44. The molecule has 1 spiro atoms. The van der Waals surface area contributed by atoms with Crippen LogP contribution in [0.15, 0.2) is 6.07 Å². The molecule has 0 unspecified atom stereocenters. The fourth-order valence-corrected chi connectivity index (χ4v) is 5.35. The SMILES string of the molecule is Cc1cc(C)n2nc(C)c(C(=O)N3CCSC4(CCOCC4)C3)c2n1. The van der Waals surface area contributed by atoms with Crippen molar-refractivity contribution in [2.24, 2.45) is 0 Å². The van der Waals surface area contributed by atoms with Crippen LogP contribution in [0.3, 0.4) is 0 Å². The highest BCUT2D eigenvalue weighted by molar-refractivity contribution is 8.00. The van der Waals surface area contributed by atoms with E-state index in [1.807, 2.05) is 43.5 Å². The highest BCUT2D eigenvalue weighted by Gasteiger charge is 2.40.